The van der Waals surface area contributed by atoms with Gasteiger partial charge in [-0.3, -0.25) is 4.90 Å². The van der Waals surface area contributed by atoms with Crippen LogP contribution in [-0.4, -0.2) is 48.0 Å². The zero-order valence-corrected chi connectivity index (χ0v) is 9.85. The van der Waals surface area contributed by atoms with E-state index in [2.05, 4.69) is 18.7 Å². The molecule has 0 aromatic rings. The van der Waals surface area contributed by atoms with Crippen LogP contribution in [-0.2, 0) is 4.74 Å². The van der Waals surface area contributed by atoms with Crippen molar-refractivity contribution in [2.45, 2.75) is 51.3 Å². The Morgan fingerprint density at radius 2 is 2.07 bits per heavy atom. The molecular formula is C12H23NO2. The zero-order valence-electron chi connectivity index (χ0n) is 9.85. The summed E-state index contributed by atoms with van der Waals surface area (Å²) in [7, 11) is 0. The van der Waals surface area contributed by atoms with Gasteiger partial charge in [0.2, 0.25) is 0 Å². The standard InChI is InChI=1S/C12H23NO2/c1-9(2)7-13(10-3-4-10)11-8-15-6-5-12(11)14/h9-12,14H,3-8H2,1-2H3. The molecule has 0 spiro atoms. The van der Waals surface area contributed by atoms with Crippen LogP contribution in [0.15, 0.2) is 0 Å². The number of aliphatic hydroxyl groups is 1. The Labute approximate surface area is 92.4 Å². The van der Waals surface area contributed by atoms with E-state index in [1.807, 2.05) is 0 Å². The smallest absolute Gasteiger partial charge is 0.0739 e. The summed E-state index contributed by atoms with van der Waals surface area (Å²) in [5.41, 5.74) is 0. The lowest BCUT2D eigenvalue weighted by Crippen LogP contribution is -2.51. The molecule has 0 bridgehead atoms. The van der Waals surface area contributed by atoms with Gasteiger partial charge in [0.1, 0.15) is 0 Å². The number of nitrogens with zero attached hydrogens (tertiary/aromatic N) is 1. The van der Waals surface area contributed by atoms with Crippen molar-refractivity contribution >= 4 is 0 Å². The Bertz CT molecular complexity index is 204. The quantitative estimate of drug-likeness (QED) is 0.763. The van der Waals surface area contributed by atoms with Crippen molar-refractivity contribution in [2.24, 2.45) is 5.92 Å². The average Bonchev–Trinajstić information content (AvgIpc) is 2.98. The maximum atomic E-state index is 10.0. The molecule has 1 N–H and O–H groups in total. The van der Waals surface area contributed by atoms with Crippen molar-refractivity contribution < 1.29 is 9.84 Å². The normalized spacial score (nSPS) is 32.6. The van der Waals surface area contributed by atoms with Crippen molar-refractivity contribution in [1.29, 1.82) is 0 Å². The maximum absolute atomic E-state index is 10.0. The molecule has 1 heterocycles. The largest absolute Gasteiger partial charge is 0.391 e. The van der Waals surface area contributed by atoms with Crippen molar-refractivity contribution in [3.05, 3.63) is 0 Å². The Morgan fingerprint density at radius 1 is 1.33 bits per heavy atom. The van der Waals surface area contributed by atoms with Gasteiger partial charge in [-0.1, -0.05) is 13.8 Å². The van der Waals surface area contributed by atoms with Gasteiger partial charge in [0.25, 0.3) is 0 Å². The number of hydrogen-bond acceptors (Lipinski definition) is 3. The Kier molecular flexibility index (Phi) is 3.65. The van der Waals surface area contributed by atoms with Gasteiger partial charge in [0.15, 0.2) is 0 Å². The van der Waals surface area contributed by atoms with E-state index in [1.54, 1.807) is 0 Å². The summed E-state index contributed by atoms with van der Waals surface area (Å²) in [6.45, 7) is 7.01. The summed E-state index contributed by atoms with van der Waals surface area (Å²) in [4.78, 5) is 2.48. The fourth-order valence-corrected chi connectivity index (χ4v) is 2.41. The molecule has 2 aliphatic rings. The van der Waals surface area contributed by atoms with Crippen LogP contribution in [0, 0.1) is 5.92 Å². The lowest BCUT2D eigenvalue weighted by atomic mass is 10.0. The molecule has 3 nitrogen and oxygen atoms in total. The summed E-state index contributed by atoms with van der Waals surface area (Å²) in [5.74, 6) is 0.666. The maximum Gasteiger partial charge on any atom is 0.0739 e. The highest BCUT2D eigenvalue weighted by atomic mass is 16.5. The molecular weight excluding hydrogens is 190 g/mol. The van der Waals surface area contributed by atoms with E-state index in [1.165, 1.54) is 12.8 Å². The molecule has 0 aromatic carbocycles. The second kappa shape index (κ2) is 4.81. The molecule has 0 aromatic heterocycles. The van der Waals surface area contributed by atoms with Crippen LogP contribution in [0.3, 0.4) is 0 Å². The molecule has 1 aliphatic heterocycles. The summed E-state index contributed by atoms with van der Waals surface area (Å²) in [6.07, 6.45) is 3.22. The lowest BCUT2D eigenvalue weighted by molar-refractivity contribution is -0.0666. The number of ether oxygens (including phenoxy) is 1. The van der Waals surface area contributed by atoms with E-state index in [0.717, 1.165) is 19.6 Å². The molecule has 88 valence electrons. The molecule has 2 rings (SSSR count). The molecule has 0 amide bonds. The van der Waals surface area contributed by atoms with Crippen LogP contribution in [0.4, 0.5) is 0 Å². The predicted octanol–water partition coefficient (Wildman–Crippen LogP) is 1.26. The highest BCUT2D eigenvalue weighted by Crippen LogP contribution is 2.31. The molecule has 0 radical (unpaired) electrons. The minimum absolute atomic E-state index is 0.182. The van der Waals surface area contributed by atoms with Crippen LogP contribution in [0.1, 0.15) is 33.1 Å². The van der Waals surface area contributed by atoms with Gasteiger partial charge in [0, 0.05) is 19.2 Å². The van der Waals surface area contributed by atoms with E-state index in [9.17, 15) is 5.11 Å². The van der Waals surface area contributed by atoms with Gasteiger partial charge in [-0.2, -0.15) is 0 Å². The summed E-state index contributed by atoms with van der Waals surface area (Å²) < 4.78 is 5.49. The van der Waals surface area contributed by atoms with Crippen LogP contribution < -0.4 is 0 Å². The number of rotatable bonds is 4. The van der Waals surface area contributed by atoms with Crippen LogP contribution in [0.25, 0.3) is 0 Å². The summed E-state index contributed by atoms with van der Waals surface area (Å²) in [6, 6.07) is 0.961. The fraction of sp³-hybridized carbons (Fsp3) is 1.00. The molecule has 1 aliphatic carbocycles. The van der Waals surface area contributed by atoms with Crippen LogP contribution in [0.5, 0.6) is 0 Å². The monoisotopic (exact) mass is 213 g/mol. The Morgan fingerprint density at radius 3 is 2.60 bits per heavy atom. The topological polar surface area (TPSA) is 32.7 Å². The third-order valence-corrected chi connectivity index (χ3v) is 3.31. The first-order valence-corrected chi connectivity index (χ1v) is 6.20. The van der Waals surface area contributed by atoms with Gasteiger partial charge in [-0.05, 0) is 25.2 Å². The third kappa shape index (κ3) is 2.92. The van der Waals surface area contributed by atoms with Crippen molar-refractivity contribution in [1.82, 2.24) is 4.90 Å². The molecule has 2 unspecified atom stereocenters. The molecule has 1 saturated carbocycles. The van der Waals surface area contributed by atoms with Crippen molar-refractivity contribution in [3.8, 4) is 0 Å². The summed E-state index contributed by atoms with van der Waals surface area (Å²) >= 11 is 0. The molecule has 2 atom stereocenters. The second-order valence-corrected chi connectivity index (χ2v) is 5.32. The SMILES string of the molecule is CC(C)CN(C1CC1)C1COCCC1O. The first-order valence-electron chi connectivity index (χ1n) is 6.20. The zero-order chi connectivity index (χ0) is 10.8. The van der Waals surface area contributed by atoms with E-state index in [0.29, 0.717) is 18.6 Å². The summed E-state index contributed by atoms with van der Waals surface area (Å²) in [5, 5.41) is 10.0. The second-order valence-electron chi connectivity index (χ2n) is 5.32. The Hall–Kier alpha value is -0.120. The van der Waals surface area contributed by atoms with Crippen LogP contribution in [0.2, 0.25) is 0 Å². The number of hydrogen-bond donors (Lipinski definition) is 1. The lowest BCUT2D eigenvalue weighted by Gasteiger charge is -2.38. The molecule has 15 heavy (non-hydrogen) atoms. The fourth-order valence-electron chi connectivity index (χ4n) is 2.41. The number of aliphatic hydroxyl groups excluding tert-OH is 1. The van der Waals surface area contributed by atoms with Gasteiger partial charge in [0.05, 0.1) is 18.8 Å². The van der Waals surface area contributed by atoms with Crippen molar-refractivity contribution in [3.63, 3.8) is 0 Å². The highest BCUT2D eigenvalue weighted by molar-refractivity contribution is 4.92. The minimum Gasteiger partial charge on any atom is -0.391 e. The van der Waals surface area contributed by atoms with Crippen LogP contribution >= 0.6 is 0 Å². The van der Waals surface area contributed by atoms with Gasteiger partial charge < -0.3 is 9.84 Å². The van der Waals surface area contributed by atoms with E-state index >= 15 is 0 Å². The highest BCUT2D eigenvalue weighted by Gasteiger charge is 2.38. The average molecular weight is 213 g/mol. The molecule has 1 saturated heterocycles. The first kappa shape index (κ1) is 11.4. The van der Waals surface area contributed by atoms with Gasteiger partial charge >= 0.3 is 0 Å². The van der Waals surface area contributed by atoms with E-state index in [-0.39, 0.29) is 12.1 Å². The van der Waals surface area contributed by atoms with E-state index in [4.69, 9.17) is 4.74 Å². The van der Waals surface area contributed by atoms with Crippen molar-refractivity contribution in [2.75, 3.05) is 19.8 Å². The van der Waals surface area contributed by atoms with Gasteiger partial charge in [-0.15, -0.1) is 0 Å². The van der Waals surface area contributed by atoms with E-state index < -0.39 is 0 Å². The minimum atomic E-state index is -0.182. The van der Waals surface area contributed by atoms with Gasteiger partial charge in [-0.25, -0.2) is 0 Å². The molecule has 3 heteroatoms. The first-order chi connectivity index (χ1) is 7.18. The molecule has 2 fully saturated rings. The third-order valence-electron chi connectivity index (χ3n) is 3.31. The predicted molar refractivity (Wildman–Crippen MR) is 59.8 cm³/mol. The Balaban J connectivity index is 1.95.